The molecule has 33 heavy (non-hydrogen) atoms. The Labute approximate surface area is 208 Å². The van der Waals surface area contributed by atoms with Crippen molar-refractivity contribution in [1.82, 2.24) is 4.90 Å². The maximum Gasteiger partial charge on any atom is 0.326 e. The lowest BCUT2D eigenvalue weighted by Crippen LogP contribution is -2.36. The van der Waals surface area contributed by atoms with E-state index in [1.165, 1.54) is 23.1 Å². The third kappa shape index (κ3) is 6.37. The second-order valence-electron chi connectivity index (χ2n) is 7.97. The number of halogens is 1. The van der Waals surface area contributed by atoms with Gasteiger partial charge in [-0.3, -0.25) is 14.5 Å². The van der Waals surface area contributed by atoms with Crippen LogP contribution < -0.4 is 4.74 Å². The topological polar surface area (TPSA) is 55.8 Å². The number of esters is 1. The van der Waals surface area contributed by atoms with Gasteiger partial charge in [0.15, 0.2) is 0 Å². The molecule has 4 rings (SSSR count). The van der Waals surface area contributed by atoms with Gasteiger partial charge in [-0.15, -0.1) is 0 Å². The van der Waals surface area contributed by atoms with Crippen LogP contribution in [0.15, 0.2) is 53.4 Å². The highest BCUT2D eigenvalue weighted by molar-refractivity contribution is 8.26. The van der Waals surface area contributed by atoms with Crippen molar-refractivity contribution in [1.29, 1.82) is 0 Å². The molecule has 5 nitrogen and oxygen atoms in total. The highest BCUT2D eigenvalue weighted by atomic mass is 35.5. The first kappa shape index (κ1) is 23.8. The molecule has 0 bridgehead atoms. The smallest absolute Gasteiger partial charge is 0.326 e. The average molecular weight is 502 g/mol. The number of carbonyl (C=O) groups is 2. The van der Waals surface area contributed by atoms with Crippen LogP contribution in [0.1, 0.15) is 43.2 Å². The lowest BCUT2D eigenvalue weighted by Gasteiger charge is -2.23. The summed E-state index contributed by atoms with van der Waals surface area (Å²) in [6.07, 6.45) is 6.84. The molecule has 0 atom stereocenters. The van der Waals surface area contributed by atoms with Crippen molar-refractivity contribution in [3.8, 4) is 5.75 Å². The van der Waals surface area contributed by atoms with Gasteiger partial charge in [-0.2, -0.15) is 0 Å². The van der Waals surface area contributed by atoms with Crippen molar-refractivity contribution >= 4 is 57.9 Å². The molecule has 2 fully saturated rings. The second kappa shape index (κ2) is 11.2. The van der Waals surface area contributed by atoms with Gasteiger partial charge in [0.05, 0.1) is 4.91 Å². The molecule has 2 aromatic carbocycles. The van der Waals surface area contributed by atoms with Crippen LogP contribution in [0, 0.1) is 0 Å². The predicted octanol–water partition coefficient (Wildman–Crippen LogP) is 6.00. The molecular weight excluding hydrogens is 478 g/mol. The fraction of sp³-hybridized carbons (Fsp3) is 0.320. The van der Waals surface area contributed by atoms with Crippen LogP contribution in [-0.4, -0.2) is 33.7 Å². The molecule has 0 unspecified atom stereocenters. The van der Waals surface area contributed by atoms with E-state index in [0.717, 1.165) is 36.8 Å². The molecule has 0 N–H and O–H groups in total. The Morgan fingerprint density at radius 2 is 1.85 bits per heavy atom. The Kier molecular flexibility index (Phi) is 8.06. The van der Waals surface area contributed by atoms with Crippen molar-refractivity contribution in [2.45, 2.75) is 44.8 Å². The number of carbonyl (C=O) groups excluding carboxylic acids is 2. The first-order valence-electron chi connectivity index (χ1n) is 10.9. The largest absolute Gasteiger partial charge is 0.489 e. The minimum atomic E-state index is -0.403. The second-order valence-corrected chi connectivity index (χ2v) is 10.0. The lowest BCUT2D eigenvalue weighted by molar-refractivity contribution is -0.152. The Balaban J connectivity index is 1.33. The van der Waals surface area contributed by atoms with Crippen LogP contribution in [0.3, 0.4) is 0 Å². The zero-order valence-corrected chi connectivity index (χ0v) is 20.4. The van der Waals surface area contributed by atoms with E-state index in [-0.39, 0.29) is 18.6 Å². The fourth-order valence-electron chi connectivity index (χ4n) is 3.76. The van der Waals surface area contributed by atoms with E-state index in [1.807, 2.05) is 48.5 Å². The lowest BCUT2D eigenvalue weighted by atomic mass is 9.98. The highest BCUT2D eigenvalue weighted by Crippen LogP contribution is 2.33. The molecule has 1 saturated carbocycles. The van der Waals surface area contributed by atoms with Gasteiger partial charge in [-0.25, -0.2) is 0 Å². The summed E-state index contributed by atoms with van der Waals surface area (Å²) in [6.45, 7) is 0.224. The molecule has 172 valence electrons. The number of hydrogen-bond acceptors (Lipinski definition) is 6. The average Bonchev–Trinajstić information content (AvgIpc) is 3.07. The molecule has 0 radical (unpaired) electrons. The molecule has 0 aromatic heterocycles. The van der Waals surface area contributed by atoms with Crippen LogP contribution in [0.25, 0.3) is 6.08 Å². The number of hydrogen-bond donors (Lipinski definition) is 0. The molecule has 8 heteroatoms. The number of rotatable bonds is 7. The Hall–Kier alpha value is -2.35. The number of benzene rings is 2. The predicted molar refractivity (Wildman–Crippen MR) is 135 cm³/mol. The van der Waals surface area contributed by atoms with Crippen molar-refractivity contribution in [2.75, 3.05) is 6.54 Å². The number of nitrogens with zero attached hydrogens (tertiary/aromatic N) is 1. The van der Waals surface area contributed by atoms with Crippen molar-refractivity contribution in [3.05, 3.63) is 69.6 Å². The molecule has 1 saturated heterocycles. The van der Waals surface area contributed by atoms with E-state index in [2.05, 4.69) is 0 Å². The molecule has 2 aromatic rings. The summed E-state index contributed by atoms with van der Waals surface area (Å²) >= 11 is 12.7. The normalized spacial score (nSPS) is 18.1. The van der Waals surface area contributed by atoms with Crippen molar-refractivity contribution < 1.29 is 19.1 Å². The van der Waals surface area contributed by atoms with E-state index in [9.17, 15) is 9.59 Å². The van der Waals surface area contributed by atoms with Gasteiger partial charge in [-0.1, -0.05) is 72.3 Å². The summed E-state index contributed by atoms with van der Waals surface area (Å²) in [6, 6.07) is 15.0. The first-order chi connectivity index (χ1) is 16.0. The van der Waals surface area contributed by atoms with E-state index < -0.39 is 5.97 Å². The highest BCUT2D eigenvalue weighted by Gasteiger charge is 2.34. The van der Waals surface area contributed by atoms with E-state index in [0.29, 0.717) is 26.6 Å². The molecule has 1 heterocycles. The molecule has 1 aliphatic carbocycles. The Bertz CT molecular complexity index is 1060. The monoisotopic (exact) mass is 501 g/mol. The molecule has 1 amide bonds. The molecule has 1 aliphatic heterocycles. The third-order valence-electron chi connectivity index (χ3n) is 5.54. The van der Waals surface area contributed by atoms with Gasteiger partial charge in [0.2, 0.25) is 0 Å². The Morgan fingerprint density at radius 3 is 2.58 bits per heavy atom. The summed E-state index contributed by atoms with van der Waals surface area (Å²) < 4.78 is 11.7. The summed E-state index contributed by atoms with van der Waals surface area (Å²) in [7, 11) is 0. The molecule has 2 aliphatic rings. The number of thiocarbonyl (C=S) groups is 1. The Morgan fingerprint density at radius 1 is 1.12 bits per heavy atom. The summed E-state index contributed by atoms with van der Waals surface area (Å²) in [5.41, 5.74) is 1.75. The fourth-order valence-corrected chi connectivity index (χ4v) is 5.21. The van der Waals surface area contributed by atoms with E-state index >= 15 is 0 Å². The zero-order valence-electron chi connectivity index (χ0n) is 18.0. The number of thioether (sulfide) groups is 1. The summed E-state index contributed by atoms with van der Waals surface area (Å²) in [5, 5.41) is 0.666. The molecule has 0 spiro atoms. The quantitative estimate of drug-likeness (QED) is 0.263. The minimum absolute atomic E-state index is 0.0427. The van der Waals surface area contributed by atoms with E-state index in [1.54, 1.807) is 6.08 Å². The maximum atomic E-state index is 12.8. The van der Waals surface area contributed by atoms with Gasteiger partial charge in [0.25, 0.3) is 5.91 Å². The number of ether oxygens (including phenoxy) is 2. The standard InChI is InChI=1S/C25H24ClNO4S2/c26-21-9-5-4-6-18(21)16-30-19-12-10-17(11-13-19)14-22-24(29)27(25(32)33-22)15-23(28)31-20-7-2-1-3-8-20/h4-6,9-14,20H,1-3,7-8,15-16H2/b22-14-. The van der Waals surface area contributed by atoms with Gasteiger partial charge in [-0.05, 0) is 55.5 Å². The maximum absolute atomic E-state index is 12.8. The SMILES string of the molecule is O=C(CN1C(=O)/C(=C/c2ccc(OCc3ccccc3Cl)cc2)SC1=S)OC1CCCCC1. The van der Waals surface area contributed by atoms with Gasteiger partial charge in [0, 0.05) is 10.6 Å². The zero-order chi connectivity index (χ0) is 23.2. The van der Waals surface area contributed by atoms with Gasteiger partial charge >= 0.3 is 5.97 Å². The minimum Gasteiger partial charge on any atom is -0.489 e. The van der Waals surface area contributed by atoms with Gasteiger partial charge in [0.1, 0.15) is 29.3 Å². The van der Waals surface area contributed by atoms with Gasteiger partial charge < -0.3 is 9.47 Å². The van der Waals surface area contributed by atoms with Crippen LogP contribution in [0.5, 0.6) is 5.75 Å². The third-order valence-corrected chi connectivity index (χ3v) is 7.29. The summed E-state index contributed by atoms with van der Waals surface area (Å²) in [5.74, 6) is 0.0224. The van der Waals surface area contributed by atoms with Crippen LogP contribution in [0.4, 0.5) is 0 Å². The first-order valence-corrected chi connectivity index (χ1v) is 12.5. The van der Waals surface area contributed by atoms with Crippen molar-refractivity contribution in [2.24, 2.45) is 0 Å². The van der Waals surface area contributed by atoms with Crippen LogP contribution in [-0.2, 0) is 20.9 Å². The summed E-state index contributed by atoms with van der Waals surface area (Å²) in [4.78, 5) is 26.9. The number of amides is 1. The molecular formula is C25H24ClNO4S2. The van der Waals surface area contributed by atoms with Crippen molar-refractivity contribution in [3.63, 3.8) is 0 Å². The van der Waals surface area contributed by atoms with Crippen LogP contribution >= 0.6 is 35.6 Å². The van der Waals surface area contributed by atoms with E-state index in [4.69, 9.17) is 33.3 Å². The van der Waals surface area contributed by atoms with Crippen LogP contribution in [0.2, 0.25) is 5.02 Å².